The lowest BCUT2D eigenvalue weighted by molar-refractivity contribution is 0.214. The number of hydrogen-bond donors (Lipinski definition) is 1. The molecule has 3 rings (SSSR count). The average molecular weight is 245 g/mol. The van der Waals surface area contributed by atoms with Gasteiger partial charge in [0.25, 0.3) is 0 Å². The van der Waals surface area contributed by atoms with Crippen LogP contribution in [0, 0.1) is 5.92 Å². The molecule has 2 heteroatoms. The van der Waals surface area contributed by atoms with E-state index in [0.29, 0.717) is 6.10 Å². The second kappa shape index (κ2) is 5.31. The molecule has 1 aliphatic carbocycles. The van der Waals surface area contributed by atoms with Crippen molar-refractivity contribution in [2.24, 2.45) is 5.92 Å². The fourth-order valence-corrected chi connectivity index (χ4v) is 3.09. The van der Waals surface area contributed by atoms with E-state index in [-0.39, 0.29) is 0 Å². The summed E-state index contributed by atoms with van der Waals surface area (Å²) in [4.78, 5) is 0. The molecular weight excluding hydrogens is 222 g/mol. The van der Waals surface area contributed by atoms with Gasteiger partial charge in [-0.25, -0.2) is 0 Å². The summed E-state index contributed by atoms with van der Waals surface area (Å²) in [6.45, 7) is 0. The fourth-order valence-electron chi connectivity index (χ4n) is 3.09. The fraction of sp³-hybridized carbons (Fsp3) is 0.625. The van der Waals surface area contributed by atoms with Crippen molar-refractivity contribution in [3.63, 3.8) is 0 Å². The van der Waals surface area contributed by atoms with Crippen LogP contribution in [0.4, 0.5) is 0 Å². The number of benzene rings is 1. The quantitative estimate of drug-likeness (QED) is 0.831. The summed E-state index contributed by atoms with van der Waals surface area (Å²) in [7, 11) is 2.10. The zero-order chi connectivity index (χ0) is 12.4. The van der Waals surface area contributed by atoms with Crippen LogP contribution < -0.4 is 10.1 Å². The smallest absolute Gasteiger partial charge is 0.123 e. The number of rotatable bonds is 6. The minimum absolute atomic E-state index is 0.416. The molecule has 0 aromatic heterocycles. The standard InChI is InChI=1S/C16H23NO/c1-17-15(12-9-10-12)7-4-6-14-11-13-5-2-3-8-16(13)18-14/h2-3,5,8,12,14-15,17H,4,6-7,9-11H2,1H3. The Labute approximate surface area is 110 Å². The topological polar surface area (TPSA) is 21.3 Å². The lowest BCUT2D eigenvalue weighted by atomic mass is 10.0. The van der Waals surface area contributed by atoms with Gasteiger partial charge in [0.2, 0.25) is 0 Å². The Morgan fingerprint density at radius 3 is 2.89 bits per heavy atom. The average Bonchev–Trinajstić information content (AvgIpc) is 3.14. The largest absolute Gasteiger partial charge is 0.490 e. The second-order valence-electron chi connectivity index (χ2n) is 5.72. The SMILES string of the molecule is CNC(CCCC1Cc2ccccc2O1)C1CC1. The van der Waals surface area contributed by atoms with Crippen LogP contribution in [0.15, 0.2) is 24.3 Å². The van der Waals surface area contributed by atoms with Crippen LogP contribution in [-0.2, 0) is 6.42 Å². The molecular formula is C16H23NO. The molecule has 0 spiro atoms. The summed E-state index contributed by atoms with van der Waals surface area (Å²) < 4.78 is 5.98. The molecule has 2 atom stereocenters. The van der Waals surface area contributed by atoms with Crippen molar-refractivity contribution in [3.8, 4) is 5.75 Å². The molecule has 1 aliphatic heterocycles. The first-order valence-corrected chi connectivity index (χ1v) is 7.28. The summed E-state index contributed by atoms with van der Waals surface area (Å²) in [6, 6.07) is 9.19. The lowest BCUT2D eigenvalue weighted by Gasteiger charge is -2.16. The van der Waals surface area contributed by atoms with Crippen molar-refractivity contribution >= 4 is 0 Å². The number of fused-ring (bicyclic) bond motifs is 1. The zero-order valence-electron chi connectivity index (χ0n) is 11.2. The first-order chi connectivity index (χ1) is 8.86. The van der Waals surface area contributed by atoms with Gasteiger partial charge in [0.05, 0.1) is 0 Å². The van der Waals surface area contributed by atoms with Gasteiger partial charge in [0.1, 0.15) is 11.9 Å². The maximum absolute atomic E-state index is 5.98. The van der Waals surface area contributed by atoms with E-state index in [1.54, 1.807) is 0 Å². The highest BCUT2D eigenvalue weighted by Gasteiger charge is 2.30. The summed E-state index contributed by atoms with van der Waals surface area (Å²) >= 11 is 0. The maximum Gasteiger partial charge on any atom is 0.123 e. The minimum atomic E-state index is 0.416. The van der Waals surface area contributed by atoms with Gasteiger partial charge in [-0.05, 0) is 56.7 Å². The molecule has 1 saturated carbocycles. The van der Waals surface area contributed by atoms with E-state index in [1.165, 1.54) is 37.7 Å². The molecule has 0 amide bonds. The van der Waals surface area contributed by atoms with Gasteiger partial charge < -0.3 is 10.1 Å². The van der Waals surface area contributed by atoms with E-state index >= 15 is 0 Å². The molecule has 2 unspecified atom stereocenters. The Kier molecular flexibility index (Phi) is 3.55. The predicted molar refractivity (Wildman–Crippen MR) is 74.0 cm³/mol. The molecule has 1 N–H and O–H groups in total. The Hall–Kier alpha value is -1.02. The number of ether oxygens (including phenoxy) is 1. The number of para-hydroxylation sites is 1. The molecule has 0 radical (unpaired) electrons. The Balaban J connectivity index is 1.43. The molecule has 0 bridgehead atoms. The van der Waals surface area contributed by atoms with Crippen molar-refractivity contribution in [1.82, 2.24) is 5.32 Å². The Bertz CT molecular complexity index is 375. The zero-order valence-corrected chi connectivity index (χ0v) is 11.2. The molecule has 98 valence electrons. The second-order valence-corrected chi connectivity index (χ2v) is 5.72. The van der Waals surface area contributed by atoms with E-state index in [0.717, 1.165) is 24.1 Å². The first-order valence-electron chi connectivity index (χ1n) is 7.28. The van der Waals surface area contributed by atoms with Crippen LogP contribution in [0.2, 0.25) is 0 Å². The van der Waals surface area contributed by atoms with E-state index in [9.17, 15) is 0 Å². The monoisotopic (exact) mass is 245 g/mol. The van der Waals surface area contributed by atoms with Crippen molar-refractivity contribution in [2.45, 2.75) is 50.7 Å². The van der Waals surface area contributed by atoms with Crippen LogP contribution in [0.1, 0.15) is 37.7 Å². The van der Waals surface area contributed by atoms with Crippen LogP contribution in [0.3, 0.4) is 0 Å². The van der Waals surface area contributed by atoms with Gasteiger partial charge in [-0.15, -0.1) is 0 Å². The van der Waals surface area contributed by atoms with Crippen molar-refractivity contribution < 1.29 is 4.74 Å². The molecule has 1 aromatic rings. The van der Waals surface area contributed by atoms with E-state index < -0.39 is 0 Å². The van der Waals surface area contributed by atoms with Crippen molar-refractivity contribution in [2.75, 3.05) is 7.05 Å². The summed E-state index contributed by atoms with van der Waals surface area (Å²) in [6.07, 6.45) is 8.15. The lowest BCUT2D eigenvalue weighted by Crippen LogP contribution is -2.27. The minimum Gasteiger partial charge on any atom is -0.490 e. The summed E-state index contributed by atoms with van der Waals surface area (Å²) in [5.41, 5.74) is 1.38. The van der Waals surface area contributed by atoms with Gasteiger partial charge in [-0.1, -0.05) is 18.2 Å². The normalized spacial score (nSPS) is 23.5. The molecule has 0 saturated heterocycles. The number of hydrogen-bond acceptors (Lipinski definition) is 2. The van der Waals surface area contributed by atoms with Crippen LogP contribution in [0.25, 0.3) is 0 Å². The van der Waals surface area contributed by atoms with Crippen LogP contribution in [-0.4, -0.2) is 19.2 Å². The maximum atomic E-state index is 5.98. The van der Waals surface area contributed by atoms with E-state index in [2.05, 4.69) is 36.6 Å². The predicted octanol–water partition coefficient (Wildman–Crippen LogP) is 3.16. The third-order valence-corrected chi connectivity index (χ3v) is 4.32. The van der Waals surface area contributed by atoms with Gasteiger partial charge >= 0.3 is 0 Å². The molecule has 1 heterocycles. The van der Waals surface area contributed by atoms with Crippen molar-refractivity contribution in [3.05, 3.63) is 29.8 Å². The third kappa shape index (κ3) is 2.69. The Morgan fingerprint density at radius 1 is 1.33 bits per heavy atom. The summed E-state index contributed by atoms with van der Waals surface area (Å²) in [5, 5.41) is 3.47. The van der Waals surface area contributed by atoms with Crippen LogP contribution in [0.5, 0.6) is 5.75 Å². The summed E-state index contributed by atoms with van der Waals surface area (Å²) in [5.74, 6) is 2.06. The highest BCUT2D eigenvalue weighted by molar-refractivity contribution is 5.37. The van der Waals surface area contributed by atoms with Crippen molar-refractivity contribution in [1.29, 1.82) is 0 Å². The molecule has 1 fully saturated rings. The van der Waals surface area contributed by atoms with Gasteiger partial charge in [0, 0.05) is 12.5 Å². The molecule has 1 aromatic carbocycles. The van der Waals surface area contributed by atoms with Gasteiger partial charge in [-0.3, -0.25) is 0 Å². The molecule has 2 aliphatic rings. The highest BCUT2D eigenvalue weighted by atomic mass is 16.5. The van der Waals surface area contributed by atoms with Gasteiger partial charge in [-0.2, -0.15) is 0 Å². The van der Waals surface area contributed by atoms with Gasteiger partial charge in [0.15, 0.2) is 0 Å². The highest BCUT2D eigenvalue weighted by Crippen LogP contribution is 2.35. The molecule has 18 heavy (non-hydrogen) atoms. The van der Waals surface area contributed by atoms with Crippen LogP contribution >= 0.6 is 0 Å². The first kappa shape index (κ1) is 12.0. The Morgan fingerprint density at radius 2 is 2.17 bits per heavy atom. The molecule has 2 nitrogen and oxygen atoms in total. The van der Waals surface area contributed by atoms with E-state index in [1.807, 2.05) is 0 Å². The van der Waals surface area contributed by atoms with E-state index in [4.69, 9.17) is 4.74 Å². The number of nitrogens with one attached hydrogen (secondary N) is 1. The third-order valence-electron chi connectivity index (χ3n) is 4.32.